The van der Waals surface area contributed by atoms with Gasteiger partial charge in [-0.25, -0.2) is 0 Å². The molecule has 3 aromatic rings. The largest absolute Gasteiger partial charge is 0.495 e. The van der Waals surface area contributed by atoms with E-state index in [0.29, 0.717) is 27.2 Å². The number of amides is 2. The normalized spacial score (nSPS) is 14.9. The molecular weight excluding hydrogens is 462 g/mol. The van der Waals surface area contributed by atoms with Crippen molar-refractivity contribution in [2.75, 3.05) is 20.3 Å². The fourth-order valence-electron chi connectivity index (χ4n) is 3.34. The van der Waals surface area contributed by atoms with E-state index in [1.54, 1.807) is 37.5 Å². The Bertz CT molecular complexity index is 1250. The molecular formula is C25H22ClNO5S. The lowest BCUT2D eigenvalue weighted by atomic mass is 10.1. The average Bonchev–Trinajstić information content (AvgIpc) is 3.36. The number of rotatable bonds is 7. The lowest BCUT2D eigenvalue weighted by Gasteiger charge is -2.14. The molecule has 0 atom stereocenters. The number of carbonyl (C=O) groups excluding carboxylic acids is 2. The Morgan fingerprint density at radius 1 is 1.06 bits per heavy atom. The third kappa shape index (κ3) is 5.10. The van der Waals surface area contributed by atoms with Crippen molar-refractivity contribution in [3.8, 4) is 22.8 Å². The van der Waals surface area contributed by atoms with E-state index in [1.165, 1.54) is 4.90 Å². The van der Waals surface area contributed by atoms with Gasteiger partial charge in [-0.05, 0) is 73.1 Å². The second-order valence-electron chi connectivity index (χ2n) is 7.50. The van der Waals surface area contributed by atoms with Crippen LogP contribution in [0.1, 0.15) is 16.9 Å². The first kappa shape index (κ1) is 23.0. The van der Waals surface area contributed by atoms with Crippen molar-refractivity contribution in [2.45, 2.75) is 13.8 Å². The molecule has 0 unspecified atom stereocenters. The van der Waals surface area contributed by atoms with Crippen molar-refractivity contribution < 1.29 is 23.5 Å². The number of halogens is 1. The van der Waals surface area contributed by atoms with Crippen LogP contribution in [0, 0.1) is 13.8 Å². The number of methoxy groups -OCH3 is 1. The van der Waals surface area contributed by atoms with E-state index < -0.39 is 0 Å². The number of ether oxygens (including phenoxy) is 2. The standard InChI is InChI=1S/C25H22ClNO5S/c1-15-4-5-16(2)22(12-15)31-11-10-27-24(28)23(33-25(27)29)14-18-7-9-20(32-18)17-6-8-21(30-3)19(26)13-17/h4-9,12-14H,10-11H2,1-3H3/b23-14-. The molecule has 2 aromatic carbocycles. The van der Waals surface area contributed by atoms with E-state index in [0.717, 1.165) is 34.2 Å². The van der Waals surface area contributed by atoms with Crippen LogP contribution in [0.3, 0.4) is 0 Å². The second-order valence-corrected chi connectivity index (χ2v) is 8.90. The average molecular weight is 484 g/mol. The molecule has 170 valence electrons. The minimum absolute atomic E-state index is 0.170. The molecule has 0 bridgehead atoms. The molecule has 0 saturated carbocycles. The number of imide groups is 1. The van der Waals surface area contributed by atoms with Crippen LogP contribution in [0.2, 0.25) is 5.02 Å². The number of benzene rings is 2. The Labute approximate surface area is 201 Å². The van der Waals surface area contributed by atoms with Gasteiger partial charge in [-0.15, -0.1) is 0 Å². The molecule has 2 heterocycles. The summed E-state index contributed by atoms with van der Waals surface area (Å²) < 4.78 is 16.8. The highest BCUT2D eigenvalue weighted by molar-refractivity contribution is 8.18. The number of aryl methyl sites for hydroxylation is 2. The molecule has 33 heavy (non-hydrogen) atoms. The predicted molar refractivity (Wildman–Crippen MR) is 130 cm³/mol. The zero-order chi connectivity index (χ0) is 23.5. The molecule has 0 spiro atoms. The van der Waals surface area contributed by atoms with Crippen molar-refractivity contribution >= 4 is 40.6 Å². The lowest BCUT2D eigenvalue weighted by molar-refractivity contribution is -0.123. The molecule has 1 fully saturated rings. The van der Waals surface area contributed by atoms with Gasteiger partial charge in [-0.3, -0.25) is 14.5 Å². The quantitative estimate of drug-likeness (QED) is 0.365. The van der Waals surface area contributed by atoms with Crippen LogP contribution in [0.25, 0.3) is 17.4 Å². The molecule has 1 aliphatic heterocycles. The molecule has 1 aromatic heterocycles. The van der Waals surface area contributed by atoms with Gasteiger partial charge >= 0.3 is 0 Å². The van der Waals surface area contributed by atoms with Gasteiger partial charge in [0.15, 0.2) is 0 Å². The van der Waals surface area contributed by atoms with Crippen molar-refractivity contribution in [3.63, 3.8) is 0 Å². The Hall–Kier alpha value is -3.16. The van der Waals surface area contributed by atoms with Gasteiger partial charge in [-0.1, -0.05) is 23.7 Å². The minimum atomic E-state index is -0.361. The Morgan fingerprint density at radius 2 is 1.88 bits per heavy atom. The smallest absolute Gasteiger partial charge is 0.293 e. The fraction of sp³-hybridized carbons (Fsp3) is 0.200. The number of thioether (sulfide) groups is 1. The molecule has 8 heteroatoms. The molecule has 2 amide bonds. The van der Waals surface area contributed by atoms with Gasteiger partial charge in [0.2, 0.25) is 0 Å². The highest BCUT2D eigenvalue weighted by atomic mass is 35.5. The summed E-state index contributed by atoms with van der Waals surface area (Å²) >= 11 is 7.08. The second kappa shape index (κ2) is 9.77. The Kier molecular flexibility index (Phi) is 6.81. The van der Waals surface area contributed by atoms with Gasteiger partial charge in [0.05, 0.1) is 23.6 Å². The van der Waals surface area contributed by atoms with E-state index in [4.69, 9.17) is 25.5 Å². The van der Waals surface area contributed by atoms with Crippen LogP contribution < -0.4 is 9.47 Å². The number of hydrogen-bond donors (Lipinski definition) is 0. The van der Waals surface area contributed by atoms with E-state index in [2.05, 4.69) is 0 Å². The van der Waals surface area contributed by atoms with Crippen LogP contribution in [-0.4, -0.2) is 36.3 Å². The maximum atomic E-state index is 12.8. The van der Waals surface area contributed by atoms with Gasteiger partial charge in [0.1, 0.15) is 29.6 Å². The minimum Gasteiger partial charge on any atom is -0.495 e. The zero-order valence-electron chi connectivity index (χ0n) is 18.4. The molecule has 1 aliphatic rings. The van der Waals surface area contributed by atoms with Crippen molar-refractivity contribution in [1.82, 2.24) is 4.90 Å². The Morgan fingerprint density at radius 3 is 2.64 bits per heavy atom. The Balaban J connectivity index is 1.42. The van der Waals surface area contributed by atoms with Crippen LogP contribution in [0.15, 0.2) is 57.9 Å². The summed E-state index contributed by atoms with van der Waals surface area (Å²) in [6.07, 6.45) is 1.57. The number of furan rings is 1. The van der Waals surface area contributed by atoms with Gasteiger partial charge < -0.3 is 13.9 Å². The maximum absolute atomic E-state index is 12.8. The summed E-state index contributed by atoms with van der Waals surface area (Å²) in [7, 11) is 1.55. The molecule has 4 rings (SSSR count). The maximum Gasteiger partial charge on any atom is 0.293 e. The van der Waals surface area contributed by atoms with E-state index in [9.17, 15) is 9.59 Å². The van der Waals surface area contributed by atoms with E-state index in [-0.39, 0.29) is 24.3 Å². The lowest BCUT2D eigenvalue weighted by Crippen LogP contribution is -2.32. The number of carbonyl (C=O) groups is 2. The summed E-state index contributed by atoms with van der Waals surface area (Å²) in [5.74, 6) is 2.02. The number of hydrogen-bond acceptors (Lipinski definition) is 6. The van der Waals surface area contributed by atoms with Crippen molar-refractivity contribution in [1.29, 1.82) is 0 Å². The van der Waals surface area contributed by atoms with Crippen molar-refractivity contribution in [2.24, 2.45) is 0 Å². The van der Waals surface area contributed by atoms with Gasteiger partial charge in [0, 0.05) is 11.6 Å². The van der Waals surface area contributed by atoms with E-state index in [1.807, 2.05) is 38.1 Å². The first-order valence-electron chi connectivity index (χ1n) is 10.2. The molecule has 0 aliphatic carbocycles. The summed E-state index contributed by atoms with van der Waals surface area (Å²) in [4.78, 5) is 26.6. The SMILES string of the molecule is COc1ccc(-c2ccc(/C=C3\SC(=O)N(CCOc4cc(C)ccc4C)C3=O)o2)cc1Cl. The van der Waals surface area contributed by atoms with Crippen LogP contribution >= 0.6 is 23.4 Å². The first-order valence-corrected chi connectivity index (χ1v) is 11.4. The van der Waals surface area contributed by atoms with Crippen molar-refractivity contribution in [3.05, 3.63) is 75.3 Å². The molecule has 1 saturated heterocycles. The number of nitrogens with zero attached hydrogens (tertiary/aromatic N) is 1. The van der Waals surface area contributed by atoms with Crippen LogP contribution in [-0.2, 0) is 4.79 Å². The van der Waals surface area contributed by atoms with Crippen LogP contribution in [0.4, 0.5) is 4.79 Å². The molecule has 0 radical (unpaired) electrons. The monoisotopic (exact) mass is 483 g/mol. The summed E-state index contributed by atoms with van der Waals surface area (Å²) in [6, 6.07) is 14.8. The summed E-state index contributed by atoms with van der Waals surface area (Å²) in [6.45, 7) is 4.33. The predicted octanol–water partition coefficient (Wildman–Crippen LogP) is 6.34. The van der Waals surface area contributed by atoms with Gasteiger partial charge in [-0.2, -0.15) is 0 Å². The summed E-state index contributed by atoms with van der Waals surface area (Å²) in [5.41, 5.74) is 2.86. The zero-order valence-corrected chi connectivity index (χ0v) is 20.0. The summed E-state index contributed by atoms with van der Waals surface area (Å²) in [5, 5.41) is 0.140. The van der Waals surface area contributed by atoms with Crippen LogP contribution in [0.5, 0.6) is 11.5 Å². The highest BCUT2D eigenvalue weighted by Gasteiger charge is 2.35. The topological polar surface area (TPSA) is 69.0 Å². The van der Waals surface area contributed by atoms with E-state index >= 15 is 0 Å². The fourth-order valence-corrected chi connectivity index (χ4v) is 4.44. The third-order valence-electron chi connectivity index (χ3n) is 5.13. The molecule has 0 N–H and O–H groups in total. The third-order valence-corrected chi connectivity index (χ3v) is 6.33. The first-order chi connectivity index (χ1) is 15.9. The highest BCUT2D eigenvalue weighted by Crippen LogP contribution is 2.34. The van der Waals surface area contributed by atoms with Gasteiger partial charge in [0.25, 0.3) is 11.1 Å². The molecule has 6 nitrogen and oxygen atoms in total.